The third-order valence-corrected chi connectivity index (χ3v) is 2.52. The number of carbonyl (C=O) groups is 2. The number of ether oxygens (including phenoxy) is 1. The van der Waals surface area contributed by atoms with Crippen LogP contribution >= 0.6 is 0 Å². The summed E-state index contributed by atoms with van der Waals surface area (Å²) >= 11 is 0. The molecule has 2 amide bonds. The van der Waals surface area contributed by atoms with E-state index in [0.29, 0.717) is 17.9 Å². The van der Waals surface area contributed by atoms with Gasteiger partial charge in [-0.15, -0.1) is 0 Å². The third kappa shape index (κ3) is 5.39. The molecule has 6 heteroatoms. The lowest BCUT2D eigenvalue weighted by Crippen LogP contribution is -2.34. The molecule has 0 aliphatic heterocycles. The number of anilines is 1. The molecule has 0 radical (unpaired) electrons. The molecule has 1 atom stereocenters. The van der Waals surface area contributed by atoms with Crippen LogP contribution in [0.1, 0.15) is 19.8 Å². The first-order valence-corrected chi connectivity index (χ1v) is 6.10. The van der Waals surface area contributed by atoms with Crippen molar-refractivity contribution in [2.24, 2.45) is 11.5 Å². The van der Waals surface area contributed by atoms with E-state index >= 15 is 0 Å². The Kier molecular flexibility index (Phi) is 5.81. The summed E-state index contributed by atoms with van der Waals surface area (Å²) in [5.41, 5.74) is 11.3. The first-order chi connectivity index (χ1) is 9.02. The van der Waals surface area contributed by atoms with Crippen molar-refractivity contribution >= 4 is 17.5 Å². The number of amides is 2. The number of rotatable bonds is 7. The summed E-state index contributed by atoms with van der Waals surface area (Å²) in [4.78, 5) is 22.1. The van der Waals surface area contributed by atoms with Gasteiger partial charge >= 0.3 is 0 Å². The zero-order valence-electron chi connectivity index (χ0n) is 10.9. The number of nitrogens with one attached hydrogen (secondary N) is 1. The van der Waals surface area contributed by atoms with Gasteiger partial charge in [0.1, 0.15) is 5.75 Å². The van der Waals surface area contributed by atoms with Crippen LogP contribution < -0.4 is 21.5 Å². The first-order valence-electron chi connectivity index (χ1n) is 6.10. The van der Waals surface area contributed by atoms with Crippen molar-refractivity contribution in [3.05, 3.63) is 24.3 Å². The molecule has 1 aromatic rings. The normalized spacial score (nSPS) is 11.7. The maximum absolute atomic E-state index is 11.6. The van der Waals surface area contributed by atoms with Gasteiger partial charge < -0.3 is 21.5 Å². The van der Waals surface area contributed by atoms with Crippen molar-refractivity contribution in [3.8, 4) is 5.75 Å². The predicted molar refractivity (Wildman–Crippen MR) is 72.6 cm³/mol. The summed E-state index contributed by atoms with van der Waals surface area (Å²) in [5.74, 6) is -0.0126. The minimum atomic E-state index is -0.508. The van der Waals surface area contributed by atoms with Crippen molar-refractivity contribution in [2.45, 2.75) is 25.8 Å². The van der Waals surface area contributed by atoms with Gasteiger partial charge in [0, 0.05) is 5.69 Å². The molecular formula is C13H19N3O3. The van der Waals surface area contributed by atoms with Crippen molar-refractivity contribution in [1.29, 1.82) is 0 Å². The highest BCUT2D eigenvalue weighted by atomic mass is 16.5. The van der Waals surface area contributed by atoms with E-state index in [1.54, 1.807) is 24.3 Å². The van der Waals surface area contributed by atoms with E-state index in [1.165, 1.54) is 0 Å². The number of hydrogen-bond acceptors (Lipinski definition) is 4. The molecule has 104 valence electrons. The largest absolute Gasteiger partial charge is 0.493 e. The minimum absolute atomic E-state index is 0.170. The summed E-state index contributed by atoms with van der Waals surface area (Å²) in [5, 5.41) is 2.70. The summed E-state index contributed by atoms with van der Waals surface area (Å²) in [6.07, 6.45) is 0.754. The van der Waals surface area contributed by atoms with E-state index in [9.17, 15) is 9.59 Å². The predicted octanol–water partition coefficient (Wildman–Crippen LogP) is 0.617. The SMILES string of the molecule is CCC(N)C(=O)Nc1ccc(OCCC(N)=O)cc1. The molecular weight excluding hydrogens is 246 g/mol. The molecule has 0 saturated carbocycles. The summed E-state index contributed by atoms with van der Waals surface area (Å²) in [6.45, 7) is 2.08. The molecule has 19 heavy (non-hydrogen) atoms. The van der Waals surface area contributed by atoms with Crippen LogP contribution in [-0.2, 0) is 9.59 Å². The van der Waals surface area contributed by atoms with Crippen molar-refractivity contribution in [3.63, 3.8) is 0 Å². The summed E-state index contributed by atoms with van der Waals surface area (Å²) in [6, 6.07) is 6.31. The van der Waals surface area contributed by atoms with Crippen molar-refractivity contribution < 1.29 is 14.3 Å². The molecule has 0 spiro atoms. The standard InChI is InChI=1S/C13H19N3O3/c1-2-11(14)13(18)16-9-3-5-10(6-4-9)19-8-7-12(15)17/h3-6,11H,2,7-8,14H2,1H3,(H2,15,17)(H,16,18). The Bertz CT molecular complexity index is 431. The molecule has 1 unspecified atom stereocenters. The molecule has 0 aliphatic carbocycles. The molecule has 0 heterocycles. The van der Waals surface area contributed by atoms with Crippen LogP contribution in [0, 0.1) is 0 Å². The molecule has 0 aromatic heterocycles. The highest BCUT2D eigenvalue weighted by molar-refractivity contribution is 5.94. The number of nitrogens with two attached hydrogens (primary N) is 2. The van der Waals surface area contributed by atoms with E-state index < -0.39 is 11.9 Å². The lowest BCUT2D eigenvalue weighted by molar-refractivity contribution is -0.118. The second kappa shape index (κ2) is 7.38. The minimum Gasteiger partial charge on any atom is -0.493 e. The highest BCUT2D eigenvalue weighted by Crippen LogP contribution is 2.16. The van der Waals surface area contributed by atoms with Crippen molar-refractivity contribution in [1.82, 2.24) is 0 Å². The van der Waals surface area contributed by atoms with Crippen LogP contribution in [0.25, 0.3) is 0 Å². The van der Waals surface area contributed by atoms with E-state index in [0.717, 1.165) is 0 Å². The van der Waals surface area contributed by atoms with Gasteiger partial charge in [0.2, 0.25) is 11.8 Å². The zero-order valence-corrected chi connectivity index (χ0v) is 10.9. The Morgan fingerprint density at radius 2 is 1.95 bits per heavy atom. The fourth-order valence-electron chi connectivity index (χ4n) is 1.32. The molecule has 0 aliphatic rings. The van der Waals surface area contributed by atoms with Crippen LogP contribution in [0.4, 0.5) is 5.69 Å². The van der Waals surface area contributed by atoms with Crippen LogP contribution in [0.2, 0.25) is 0 Å². The average Bonchev–Trinajstić information content (AvgIpc) is 2.39. The Morgan fingerprint density at radius 1 is 1.32 bits per heavy atom. The molecule has 1 rings (SSSR count). The third-order valence-electron chi connectivity index (χ3n) is 2.52. The maximum atomic E-state index is 11.6. The van der Waals surface area contributed by atoms with Gasteiger partial charge in [-0.25, -0.2) is 0 Å². The molecule has 0 saturated heterocycles. The summed E-state index contributed by atoms with van der Waals surface area (Å²) < 4.78 is 5.31. The number of benzene rings is 1. The molecule has 5 N–H and O–H groups in total. The number of primary amides is 1. The van der Waals surface area contributed by atoms with Crippen LogP contribution in [0.15, 0.2) is 24.3 Å². The van der Waals surface area contributed by atoms with E-state index in [1.807, 2.05) is 6.92 Å². The van der Waals surface area contributed by atoms with Gasteiger partial charge in [-0.2, -0.15) is 0 Å². The van der Waals surface area contributed by atoms with Gasteiger partial charge in [0.05, 0.1) is 19.1 Å². The number of hydrogen-bond donors (Lipinski definition) is 3. The van der Waals surface area contributed by atoms with Crippen LogP contribution in [0.3, 0.4) is 0 Å². The Balaban J connectivity index is 2.47. The molecule has 0 bridgehead atoms. The quantitative estimate of drug-likeness (QED) is 0.671. The second-order valence-corrected chi connectivity index (χ2v) is 4.09. The average molecular weight is 265 g/mol. The van der Waals surface area contributed by atoms with E-state index in [2.05, 4.69) is 5.32 Å². The molecule has 1 aromatic carbocycles. The molecule has 0 fully saturated rings. The fourth-order valence-corrected chi connectivity index (χ4v) is 1.32. The van der Waals surface area contributed by atoms with Crippen LogP contribution in [0.5, 0.6) is 5.75 Å². The first kappa shape index (κ1) is 15.0. The van der Waals surface area contributed by atoms with Gasteiger partial charge in [-0.1, -0.05) is 6.92 Å². The second-order valence-electron chi connectivity index (χ2n) is 4.09. The van der Waals surface area contributed by atoms with Gasteiger partial charge in [-0.05, 0) is 30.7 Å². The van der Waals surface area contributed by atoms with Gasteiger partial charge in [-0.3, -0.25) is 9.59 Å². The number of carbonyl (C=O) groups excluding carboxylic acids is 2. The maximum Gasteiger partial charge on any atom is 0.241 e. The highest BCUT2D eigenvalue weighted by Gasteiger charge is 2.10. The van der Waals surface area contributed by atoms with E-state index in [4.69, 9.17) is 16.2 Å². The Labute approximate surface area is 112 Å². The lowest BCUT2D eigenvalue weighted by Gasteiger charge is -2.10. The monoisotopic (exact) mass is 265 g/mol. The van der Waals surface area contributed by atoms with Gasteiger partial charge in [0.15, 0.2) is 0 Å². The fraction of sp³-hybridized carbons (Fsp3) is 0.385. The smallest absolute Gasteiger partial charge is 0.241 e. The summed E-state index contributed by atoms with van der Waals surface area (Å²) in [7, 11) is 0. The molecule has 6 nitrogen and oxygen atoms in total. The Morgan fingerprint density at radius 3 is 2.47 bits per heavy atom. The van der Waals surface area contributed by atoms with Crippen molar-refractivity contribution in [2.75, 3.05) is 11.9 Å². The van der Waals surface area contributed by atoms with Gasteiger partial charge in [0.25, 0.3) is 0 Å². The topological polar surface area (TPSA) is 107 Å². The zero-order chi connectivity index (χ0) is 14.3. The lowest BCUT2D eigenvalue weighted by atomic mass is 10.2. The van der Waals surface area contributed by atoms with Crippen LogP contribution in [-0.4, -0.2) is 24.5 Å². The van der Waals surface area contributed by atoms with E-state index in [-0.39, 0.29) is 18.9 Å². The Hall–Kier alpha value is -2.08.